The minimum Gasteiger partial charge on any atom is -0.308 e. The lowest BCUT2D eigenvalue weighted by Crippen LogP contribution is -2.41. The van der Waals surface area contributed by atoms with Crippen LogP contribution in [0.5, 0.6) is 0 Å². The molecule has 1 atom stereocenters. The number of benzene rings is 1. The maximum absolute atomic E-state index is 12.4. The molecule has 0 heterocycles. The van der Waals surface area contributed by atoms with Gasteiger partial charge in [-0.05, 0) is 27.6 Å². The lowest BCUT2D eigenvalue weighted by molar-refractivity contribution is 0.0838. The number of Topliss-reactive ketones (excluding diaryl/α,β-unsaturated/α-hetero) is 1. The minimum atomic E-state index is -0.0210. The van der Waals surface area contributed by atoms with Gasteiger partial charge in [0.2, 0.25) is 0 Å². The van der Waals surface area contributed by atoms with Gasteiger partial charge in [-0.25, -0.2) is 0 Å². The monoisotopic (exact) mass is 248 g/mol. The highest BCUT2D eigenvalue weighted by atomic mass is 16.1. The standard InChI is InChI=1S/C15H24N2O/c1-5-14(17(4)12-11-16(2)3)15(18)13-9-7-6-8-10-13/h6-10,14H,5,11-12H2,1-4H3. The third kappa shape index (κ3) is 4.24. The summed E-state index contributed by atoms with van der Waals surface area (Å²) in [6.45, 7) is 3.94. The summed E-state index contributed by atoms with van der Waals surface area (Å²) < 4.78 is 0. The van der Waals surface area contributed by atoms with Crippen LogP contribution in [0.1, 0.15) is 23.7 Å². The molecule has 0 aliphatic heterocycles. The second kappa shape index (κ2) is 7.29. The first kappa shape index (κ1) is 14.9. The Hall–Kier alpha value is -1.19. The largest absolute Gasteiger partial charge is 0.308 e. The van der Waals surface area contributed by atoms with E-state index in [0.29, 0.717) is 0 Å². The molecule has 3 nitrogen and oxygen atoms in total. The van der Waals surface area contributed by atoms with Crippen molar-refractivity contribution in [2.75, 3.05) is 34.2 Å². The molecule has 0 N–H and O–H groups in total. The summed E-state index contributed by atoms with van der Waals surface area (Å²) in [5.41, 5.74) is 0.807. The van der Waals surface area contributed by atoms with Gasteiger partial charge in [0, 0.05) is 18.7 Å². The van der Waals surface area contributed by atoms with Crippen LogP contribution in [0.15, 0.2) is 30.3 Å². The van der Waals surface area contributed by atoms with E-state index >= 15 is 0 Å². The highest BCUT2D eigenvalue weighted by Crippen LogP contribution is 2.11. The lowest BCUT2D eigenvalue weighted by atomic mass is 10.0. The number of likely N-dealkylation sites (N-methyl/N-ethyl adjacent to an activating group) is 2. The van der Waals surface area contributed by atoms with Crippen LogP contribution in [0.25, 0.3) is 0 Å². The van der Waals surface area contributed by atoms with E-state index in [1.54, 1.807) is 0 Å². The molecule has 0 saturated heterocycles. The number of carbonyl (C=O) groups excluding carboxylic acids is 1. The number of nitrogens with zero attached hydrogens (tertiary/aromatic N) is 2. The Morgan fingerprint density at radius 2 is 1.72 bits per heavy atom. The van der Waals surface area contributed by atoms with Crippen LogP contribution in [-0.2, 0) is 0 Å². The zero-order chi connectivity index (χ0) is 13.5. The predicted molar refractivity (Wildman–Crippen MR) is 76.0 cm³/mol. The van der Waals surface area contributed by atoms with Gasteiger partial charge in [-0.2, -0.15) is 0 Å². The maximum Gasteiger partial charge on any atom is 0.179 e. The molecule has 1 rings (SSSR count). The summed E-state index contributed by atoms with van der Waals surface area (Å²) in [6.07, 6.45) is 0.845. The first-order valence-electron chi connectivity index (χ1n) is 6.50. The molecule has 0 amide bonds. The fraction of sp³-hybridized carbons (Fsp3) is 0.533. The lowest BCUT2D eigenvalue weighted by Gasteiger charge is -2.27. The van der Waals surface area contributed by atoms with Crippen molar-refractivity contribution in [3.8, 4) is 0 Å². The molecule has 0 aliphatic carbocycles. The van der Waals surface area contributed by atoms with Gasteiger partial charge < -0.3 is 4.90 Å². The summed E-state index contributed by atoms with van der Waals surface area (Å²) in [6, 6.07) is 9.54. The number of carbonyl (C=O) groups is 1. The molecule has 3 heteroatoms. The molecule has 0 radical (unpaired) electrons. The van der Waals surface area contributed by atoms with Crippen LogP contribution in [0.2, 0.25) is 0 Å². The molecule has 0 spiro atoms. The second-order valence-electron chi connectivity index (χ2n) is 4.94. The Kier molecular flexibility index (Phi) is 6.02. The smallest absolute Gasteiger partial charge is 0.179 e. The summed E-state index contributed by atoms with van der Waals surface area (Å²) in [5, 5.41) is 0. The Labute approximate surface area is 110 Å². The molecule has 0 aliphatic rings. The number of hydrogen-bond acceptors (Lipinski definition) is 3. The zero-order valence-electron chi connectivity index (χ0n) is 11.9. The van der Waals surface area contributed by atoms with Gasteiger partial charge in [0.25, 0.3) is 0 Å². The molecule has 1 unspecified atom stereocenters. The third-order valence-corrected chi connectivity index (χ3v) is 3.18. The van der Waals surface area contributed by atoms with E-state index < -0.39 is 0 Å². The Bertz CT molecular complexity index is 362. The predicted octanol–water partition coefficient (Wildman–Crippen LogP) is 2.14. The molecule has 0 fully saturated rings. The van der Waals surface area contributed by atoms with Crippen molar-refractivity contribution < 1.29 is 4.79 Å². The van der Waals surface area contributed by atoms with Crippen LogP contribution < -0.4 is 0 Å². The van der Waals surface area contributed by atoms with Crippen molar-refractivity contribution in [2.24, 2.45) is 0 Å². The molecule has 1 aromatic rings. The Balaban J connectivity index is 2.68. The maximum atomic E-state index is 12.4. The van der Waals surface area contributed by atoms with Crippen LogP contribution in [0.4, 0.5) is 0 Å². The first-order valence-corrected chi connectivity index (χ1v) is 6.50. The average molecular weight is 248 g/mol. The van der Waals surface area contributed by atoms with Gasteiger partial charge in [0.05, 0.1) is 6.04 Å². The van der Waals surface area contributed by atoms with Gasteiger partial charge in [0.15, 0.2) is 5.78 Å². The van der Waals surface area contributed by atoms with Gasteiger partial charge >= 0.3 is 0 Å². The molecule has 100 valence electrons. The fourth-order valence-electron chi connectivity index (χ4n) is 2.01. The van der Waals surface area contributed by atoms with Crippen LogP contribution >= 0.6 is 0 Å². The topological polar surface area (TPSA) is 23.6 Å². The first-order chi connectivity index (χ1) is 8.56. The molecule has 0 aromatic heterocycles. The van der Waals surface area contributed by atoms with Crippen molar-refractivity contribution in [3.05, 3.63) is 35.9 Å². The molecular formula is C15H24N2O. The molecule has 18 heavy (non-hydrogen) atoms. The molecule has 0 saturated carbocycles. The Morgan fingerprint density at radius 3 is 2.22 bits per heavy atom. The molecule has 1 aromatic carbocycles. The van der Waals surface area contributed by atoms with Gasteiger partial charge in [0.1, 0.15) is 0 Å². The fourth-order valence-corrected chi connectivity index (χ4v) is 2.01. The van der Waals surface area contributed by atoms with Crippen molar-refractivity contribution >= 4 is 5.78 Å². The van der Waals surface area contributed by atoms with Crippen LogP contribution in [0, 0.1) is 0 Å². The van der Waals surface area contributed by atoms with E-state index in [4.69, 9.17) is 0 Å². The SMILES string of the molecule is CCC(C(=O)c1ccccc1)N(C)CCN(C)C. The summed E-state index contributed by atoms with van der Waals surface area (Å²) >= 11 is 0. The normalized spacial score (nSPS) is 13.0. The van der Waals surface area contributed by atoms with Gasteiger partial charge in [-0.1, -0.05) is 37.3 Å². The van der Waals surface area contributed by atoms with Crippen LogP contribution in [0.3, 0.4) is 0 Å². The summed E-state index contributed by atoms with van der Waals surface area (Å²) in [5.74, 6) is 0.222. The molecular weight excluding hydrogens is 224 g/mol. The van der Waals surface area contributed by atoms with Crippen LogP contribution in [-0.4, -0.2) is 55.9 Å². The van der Waals surface area contributed by atoms with Gasteiger partial charge in [-0.3, -0.25) is 9.69 Å². The Morgan fingerprint density at radius 1 is 1.11 bits per heavy atom. The number of hydrogen-bond donors (Lipinski definition) is 0. The number of ketones is 1. The quantitative estimate of drug-likeness (QED) is 0.691. The van der Waals surface area contributed by atoms with E-state index in [1.807, 2.05) is 51.5 Å². The average Bonchev–Trinajstić information content (AvgIpc) is 2.38. The van der Waals surface area contributed by atoms with E-state index in [-0.39, 0.29) is 11.8 Å². The third-order valence-electron chi connectivity index (χ3n) is 3.18. The van der Waals surface area contributed by atoms with Crippen molar-refractivity contribution in [1.29, 1.82) is 0 Å². The van der Waals surface area contributed by atoms with Crippen molar-refractivity contribution in [1.82, 2.24) is 9.80 Å². The highest BCUT2D eigenvalue weighted by molar-refractivity contribution is 6.00. The highest BCUT2D eigenvalue weighted by Gasteiger charge is 2.22. The summed E-state index contributed by atoms with van der Waals surface area (Å²) in [4.78, 5) is 16.7. The van der Waals surface area contributed by atoms with E-state index in [1.165, 1.54) is 0 Å². The van der Waals surface area contributed by atoms with Gasteiger partial charge in [-0.15, -0.1) is 0 Å². The number of rotatable bonds is 7. The van der Waals surface area contributed by atoms with Crippen molar-refractivity contribution in [3.63, 3.8) is 0 Å². The van der Waals surface area contributed by atoms with Crippen molar-refractivity contribution in [2.45, 2.75) is 19.4 Å². The minimum absolute atomic E-state index is 0.0210. The summed E-state index contributed by atoms with van der Waals surface area (Å²) in [7, 11) is 6.13. The van der Waals surface area contributed by atoms with E-state index in [2.05, 4.69) is 16.7 Å². The molecule has 0 bridgehead atoms. The second-order valence-corrected chi connectivity index (χ2v) is 4.94. The van der Waals surface area contributed by atoms with E-state index in [9.17, 15) is 4.79 Å². The zero-order valence-corrected chi connectivity index (χ0v) is 11.9. The van der Waals surface area contributed by atoms with E-state index in [0.717, 1.165) is 25.1 Å².